The Hall–Kier alpha value is -7.48. The Morgan fingerprint density at radius 2 is 0.902 bits per heavy atom. The summed E-state index contributed by atoms with van der Waals surface area (Å²) in [6.07, 6.45) is 4.54. The van der Waals surface area contributed by atoms with E-state index in [4.69, 9.17) is 0 Å². The van der Waals surface area contributed by atoms with Gasteiger partial charge in [-0.1, -0.05) is 190 Å². The van der Waals surface area contributed by atoms with Crippen LogP contribution in [0.5, 0.6) is 0 Å². The second-order valence-electron chi connectivity index (χ2n) is 17.3. The number of hydrogen-bond donors (Lipinski definition) is 0. The van der Waals surface area contributed by atoms with Gasteiger partial charge >= 0.3 is 0 Å². The van der Waals surface area contributed by atoms with Gasteiger partial charge in [-0.15, -0.1) is 0 Å². The molecule has 10 aromatic rings. The second-order valence-corrected chi connectivity index (χ2v) is 17.3. The number of nitrogens with zero attached hydrogens (tertiary/aromatic N) is 1. The topological polar surface area (TPSA) is 3.24 Å². The van der Waals surface area contributed by atoms with Gasteiger partial charge in [0.15, 0.2) is 0 Å². The van der Waals surface area contributed by atoms with Gasteiger partial charge in [0.1, 0.15) is 0 Å². The van der Waals surface area contributed by atoms with Gasteiger partial charge in [0.25, 0.3) is 0 Å². The summed E-state index contributed by atoms with van der Waals surface area (Å²) in [5.41, 5.74) is 15.8. The molecule has 0 spiro atoms. The van der Waals surface area contributed by atoms with E-state index < -0.39 is 5.41 Å². The van der Waals surface area contributed by atoms with Gasteiger partial charge in [0, 0.05) is 22.5 Å². The molecule has 1 nitrogen and oxygen atoms in total. The summed E-state index contributed by atoms with van der Waals surface area (Å²) in [5.74, 6) is 0. The first-order chi connectivity index (χ1) is 30.0. The molecule has 0 saturated carbocycles. The van der Waals surface area contributed by atoms with E-state index in [2.05, 4.69) is 243 Å². The molecular weight excluding hydrogens is 735 g/mol. The van der Waals surface area contributed by atoms with Crippen LogP contribution >= 0.6 is 0 Å². The molecule has 0 bridgehead atoms. The lowest BCUT2D eigenvalue weighted by molar-refractivity contribution is 0.662. The van der Waals surface area contributed by atoms with E-state index in [1.54, 1.807) is 0 Å². The number of para-hydroxylation sites is 1. The number of fused-ring (bicyclic) bond motifs is 4. The second kappa shape index (κ2) is 13.5. The predicted octanol–water partition coefficient (Wildman–Crippen LogP) is 15.8. The minimum absolute atomic E-state index is 0.0305. The number of anilines is 3. The van der Waals surface area contributed by atoms with Crippen molar-refractivity contribution in [2.24, 2.45) is 0 Å². The number of rotatable bonds is 7. The van der Waals surface area contributed by atoms with E-state index in [9.17, 15) is 0 Å². The normalized spacial score (nSPS) is 14.3. The van der Waals surface area contributed by atoms with Gasteiger partial charge in [0.2, 0.25) is 0 Å². The van der Waals surface area contributed by atoms with Gasteiger partial charge < -0.3 is 4.90 Å². The van der Waals surface area contributed by atoms with Crippen molar-refractivity contribution in [1.29, 1.82) is 0 Å². The summed E-state index contributed by atoms with van der Waals surface area (Å²) >= 11 is 0. The highest BCUT2D eigenvalue weighted by Crippen LogP contribution is 2.57. The highest BCUT2D eigenvalue weighted by molar-refractivity contribution is 6.15. The number of benzene rings is 10. The fourth-order valence-electron chi connectivity index (χ4n) is 10.8. The molecule has 0 N–H and O–H groups in total. The maximum Gasteiger partial charge on any atom is 0.0714 e. The van der Waals surface area contributed by atoms with Crippen LogP contribution in [0.1, 0.15) is 58.4 Å². The molecular formula is C60H43N. The summed E-state index contributed by atoms with van der Waals surface area (Å²) in [6, 6.07) is 78.7. The third kappa shape index (κ3) is 5.33. The van der Waals surface area contributed by atoms with Gasteiger partial charge in [-0.25, -0.2) is 0 Å². The van der Waals surface area contributed by atoms with Crippen LogP contribution in [-0.4, -0.2) is 0 Å². The standard InChI is InChI=1S/C60H43N/c1-59(2)54-24-14-15-42-29-30-45-36-41(37-56(59)58(45)57(42)54)26-25-40-27-28-44-38-49(32-31-43(44)35-40)61(48-20-10-5-11-21-48)50-33-34-52-51-22-12-13-23-53(51)60(55(52)39-50,46-16-6-3-7-17-46)47-18-8-4-9-19-47/h3-39H,1-2H3/b26-25+. The Balaban J connectivity index is 0.945. The lowest BCUT2D eigenvalue weighted by Crippen LogP contribution is -2.28. The average Bonchev–Trinajstić information content (AvgIpc) is 3.74. The molecule has 0 aromatic heterocycles. The van der Waals surface area contributed by atoms with Crippen LogP contribution < -0.4 is 4.90 Å². The van der Waals surface area contributed by atoms with Crippen molar-refractivity contribution in [2.45, 2.75) is 24.7 Å². The van der Waals surface area contributed by atoms with Gasteiger partial charge in [-0.05, 0) is 136 Å². The minimum Gasteiger partial charge on any atom is -0.310 e. The summed E-state index contributed by atoms with van der Waals surface area (Å²) in [7, 11) is 0. The SMILES string of the molecule is CC1(C)c2cccc3ccc4cc(/C=C/c5ccc6cc(N(c7ccccc7)c7ccc8c(c7)C(c7ccccc7)(c7ccccc7)c7ccccc7-8)ccc6c5)cc1c4c23. The largest absolute Gasteiger partial charge is 0.310 e. The van der Waals surface area contributed by atoms with E-state index in [0.29, 0.717) is 0 Å². The highest BCUT2D eigenvalue weighted by atomic mass is 15.1. The number of hydrogen-bond acceptors (Lipinski definition) is 1. The zero-order chi connectivity index (χ0) is 40.7. The van der Waals surface area contributed by atoms with E-state index in [0.717, 1.165) is 17.1 Å². The lowest BCUT2D eigenvalue weighted by Gasteiger charge is -2.35. The van der Waals surface area contributed by atoms with Crippen LogP contribution in [0.15, 0.2) is 212 Å². The first kappa shape index (κ1) is 35.5. The van der Waals surface area contributed by atoms with Crippen LogP contribution in [0.2, 0.25) is 0 Å². The molecule has 0 radical (unpaired) electrons. The summed E-state index contributed by atoms with van der Waals surface area (Å²) in [5, 5.41) is 7.90. The predicted molar refractivity (Wildman–Crippen MR) is 258 cm³/mol. The fraction of sp³-hybridized carbons (Fsp3) is 0.0667. The Morgan fingerprint density at radius 3 is 1.69 bits per heavy atom. The zero-order valence-electron chi connectivity index (χ0n) is 34.3. The maximum absolute atomic E-state index is 2.45. The zero-order valence-corrected chi connectivity index (χ0v) is 34.3. The van der Waals surface area contributed by atoms with Crippen LogP contribution in [0.4, 0.5) is 17.1 Å². The van der Waals surface area contributed by atoms with Crippen molar-refractivity contribution in [3.8, 4) is 11.1 Å². The van der Waals surface area contributed by atoms with Crippen molar-refractivity contribution < 1.29 is 0 Å². The molecule has 2 aliphatic carbocycles. The Labute approximate surface area is 357 Å². The van der Waals surface area contributed by atoms with Crippen LogP contribution in [0.25, 0.3) is 55.6 Å². The smallest absolute Gasteiger partial charge is 0.0714 e. The van der Waals surface area contributed by atoms with Crippen LogP contribution in [0.3, 0.4) is 0 Å². The third-order valence-electron chi connectivity index (χ3n) is 13.6. The lowest BCUT2D eigenvalue weighted by atomic mass is 9.67. The van der Waals surface area contributed by atoms with Crippen molar-refractivity contribution in [1.82, 2.24) is 0 Å². The van der Waals surface area contributed by atoms with E-state index in [1.807, 2.05) is 0 Å². The van der Waals surface area contributed by atoms with E-state index >= 15 is 0 Å². The maximum atomic E-state index is 2.45. The molecule has 0 atom stereocenters. The molecule has 0 aliphatic heterocycles. The first-order valence-corrected chi connectivity index (χ1v) is 21.4. The summed E-state index contributed by atoms with van der Waals surface area (Å²) in [4.78, 5) is 2.41. The molecule has 0 amide bonds. The highest BCUT2D eigenvalue weighted by Gasteiger charge is 2.46. The molecule has 12 rings (SSSR count). The quantitative estimate of drug-likeness (QED) is 0.115. The molecule has 10 aromatic carbocycles. The Bertz CT molecular complexity index is 3340. The molecule has 0 unspecified atom stereocenters. The van der Waals surface area contributed by atoms with Crippen LogP contribution in [0, 0.1) is 0 Å². The minimum atomic E-state index is -0.474. The third-order valence-corrected chi connectivity index (χ3v) is 13.6. The molecule has 1 heteroatoms. The summed E-state index contributed by atoms with van der Waals surface area (Å²) in [6.45, 7) is 4.74. The molecule has 61 heavy (non-hydrogen) atoms. The molecule has 288 valence electrons. The van der Waals surface area contributed by atoms with Crippen molar-refractivity contribution >= 4 is 61.5 Å². The Morgan fingerprint density at radius 1 is 0.344 bits per heavy atom. The van der Waals surface area contributed by atoms with Gasteiger partial charge in [-0.2, -0.15) is 0 Å². The fourth-order valence-corrected chi connectivity index (χ4v) is 10.8. The Kier molecular flexibility index (Phi) is 7.86. The van der Waals surface area contributed by atoms with Crippen molar-refractivity contribution in [2.75, 3.05) is 4.90 Å². The van der Waals surface area contributed by atoms with E-state index in [1.165, 1.54) is 88.0 Å². The average molecular weight is 778 g/mol. The van der Waals surface area contributed by atoms with Gasteiger partial charge in [-0.3, -0.25) is 0 Å². The van der Waals surface area contributed by atoms with Crippen LogP contribution in [-0.2, 0) is 10.8 Å². The van der Waals surface area contributed by atoms with E-state index in [-0.39, 0.29) is 5.41 Å². The first-order valence-electron chi connectivity index (χ1n) is 21.4. The van der Waals surface area contributed by atoms with Crippen molar-refractivity contribution in [3.63, 3.8) is 0 Å². The molecule has 0 heterocycles. The van der Waals surface area contributed by atoms with Gasteiger partial charge in [0.05, 0.1) is 5.41 Å². The molecule has 0 saturated heterocycles. The molecule has 2 aliphatic rings. The monoisotopic (exact) mass is 777 g/mol. The molecule has 0 fully saturated rings. The summed E-state index contributed by atoms with van der Waals surface area (Å²) < 4.78 is 0. The van der Waals surface area contributed by atoms with Crippen molar-refractivity contribution in [3.05, 3.63) is 257 Å².